The van der Waals surface area contributed by atoms with Gasteiger partial charge in [-0.2, -0.15) is 10.2 Å². The summed E-state index contributed by atoms with van der Waals surface area (Å²) in [5.74, 6) is 0.680. The highest BCUT2D eigenvalue weighted by Crippen LogP contribution is 2.26. The first-order chi connectivity index (χ1) is 14.5. The fourth-order valence-electron chi connectivity index (χ4n) is 3.76. The Kier molecular flexibility index (Phi) is 5.89. The molecule has 0 aromatic carbocycles. The van der Waals surface area contributed by atoms with Crippen molar-refractivity contribution in [3.05, 3.63) is 53.3 Å². The lowest BCUT2D eigenvalue weighted by atomic mass is 9.90. The van der Waals surface area contributed by atoms with Gasteiger partial charge in [0.15, 0.2) is 5.69 Å². The fraction of sp³-hybridized carbons (Fsp3) is 0.400. The standard InChI is InChI=1S/C20H23ClN8O/c1-13-4-3-9-28(17(13)12-24-20-22-10-15(21)11-23-20)19(30)18-16(6-5-14(2)27-18)29-25-7-8-26-29/h5-8,10-11,13,17H,3-4,9,12H2,1-2H3,(H,22,23,24)/t13-,17?/m1/s1. The smallest absolute Gasteiger partial charge is 0.275 e. The third-order valence-electron chi connectivity index (χ3n) is 5.32. The molecule has 1 aliphatic heterocycles. The van der Waals surface area contributed by atoms with Gasteiger partial charge < -0.3 is 10.2 Å². The van der Waals surface area contributed by atoms with Crippen molar-refractivity contribution in [1.29, 1.82) is 0 Å². The van der Waals surface area contributed by atoms with Gasteiger partial charge in [-0.3, -0.25) is 4.79 Å². The maximum atomic E-state index is 13.6. The van der Waals surface area contributed by atoms with Crippen LogP contribution in [0.3, 0.4) is 0 Å². The van der Waals surface area contributed by atoms with E-state index in [1.165, 1.54) is 4.80 Å². The summed E-state index contributed by atoms with van der Waals surface area (Å²) in [7, 11) is 0. The van der Waals surface area contributed by atoms with Crippen LogP contribution < -0.4 is 5.32 Å². The number of aromatic nitrogens is 6. The first kappa shape index (κ1) is 20.2. The molecule has 30 heavy (non-hydrogen) atoms. The van der Waals surface area contributed by atoms with Crippen molar-refractivity contribution in [2.45, 2.75) is 32.7 Å². The highest BCUT2D eigenvalue weighted by Gasteiger charge is 2.34. The number of nitrogens with one attached hydrogen (secondary N) is 1. The molecule has 1 amide bonds. The zero-order valence-electron chi connectivity index (χ0n) is 16.9. The Bertz CT molecular complexity index is 1010. The zero-order chi connectivity index (χ0) is 21.1. The van der Waals surface area contributed by atoms with Crippen LogP contribution in [0.25, 0.3) is 5.69 Å². The fourth-order valence-corrected chi connectivity index (χ4v) is 3.85. The predicted octanol–water partition coefficient (Wildman–Crippen LogP) is 2.77. The van der Waals surface area contributed by atoms with Crippen LogP contribution in [0.1, 0.15) is 35.9 Å². The number of likely N-dealkylation sites (tertiary alicyclic amines) is 1. The molecule has 0 saturated carbocycles. The van der Waals surface area contributed by atoms with Gasteiger partial charge in [-0.05, 0) is 37.8 Å². The second-order valence-electron chi connectivity index (χ2n) is 7.43. The summed E-state index contributed by atoms with van der Waals surface area (Å²) < 4.78 is 0. The van der Waals surface area contributed by atoms with E-state index in [1.807, 2.05) is 24.0 Å². The summed E-state index contributed by atoms with van der Waals surface area (Å²) >= 11 is 5.86. The van der Waals surface area contributed by atoms with Crippen LogP contribution in [0.5, 0.6) is 0 Å². The molecule has 1 aliphatic rings. The number of rotatable bonds is 5. The number of carbonyl (C=O) groups is 1. The Morgan fingerprint density at radius 3 is 2.70 bits per heavy atom. The zero-order valence-corrected chi connectivity index (χ0v) is 17.6. The number of halogens is 1. The van der Waals surface area contributed by atoms with E-state index in [1.54, 1.807) is 24.8 Å². The first-order valence-corrected chi connectivity index (χ1v) is 10.3. The number of nitrogens with zero attached hydrogens (tertiary/aromatic N) is 7. The first-order valence-electron chi connectivity index (χ1n) is 9.89. The van der Waals surface area contributed by atoms with Gasteiger partial charge in [0.1, 0.15) is 5.69 Å². The SMILES string of the molecule is Cc1ccc(-n2nccn2)c(C(=O)N2CCC[C@@H](C)C2CNc2ncc(Cl)cn2)n1. The van der Waals surface area contributed by atoms with Gasteiger partial charge in [0.25, 0.3) is 5.91 Å². The highest BCUT2D eigenvalue weighted by atomic mass is 35.5. The average molecular weight is 427 g/mol. The lowest BCUT2D eigenvalue weighted by molar-refractivity contribution is 0.0533. The van der Waals surface area contributed by atoms with Crippen molar-refractivity contribution in [3.8, 4) is 5.69 Å². The molecule has 1 unspecified atom stereocenters. The van der Waals surface area contributed by atoms with Crippen LogP contribution in [0, 0.1) is 12.8 Å². The molecule has 4 rings (SSSR count). The van der Waals surface area contributed by atoms with E-state index in [0.717, 1.165) is 18.5 Å². The van der Waals surface area contributed by atoms with Crippen molar-refractivity contribution >= 4 is 23.5 Å². The number of piperidine rings is 1. The molecule has 1 fully saturated rings. The van der Waals surface area contributed by atoms with E-state index in [4.69, 9.17) is 11.6 Å². The van der Waals surface area contributed by atoms with Crippen LogP contribution in [-0.4, -0.2) is 59.9 Å². The molecule has 2 atom stereocenters. The van der Waals surface area contributed by atoms with E-state index in [9.17, 15) is 4.79 Å². The molecular weight excluding hydrogens is 404 g/mol. The molecule has 9 nitrogen and oxygen atoms in total. The van der Waals surface area contributed by atoms with Gasteiger partial charge in [-0.15, -0.1) is 4.80 Å². The van der Waals surface area contributed by atoms with Gasteiger partial charge in [-0.1, -0.05) is 18.5 Å². The number of anilines is 1. The largest absolute Gasteiger partial charge is 0.352 e. The van der Waals surface area contributed by atoms with Crippen molar-refractivity contribution in [3.63, 3.8) is 0 Å². The molecular formula is C20H23ClN8O. The number of aryl methyl sites for hydroxylation is 1. The third-order valence-corrected chi connectivity index (χ3v) is 5.51. The van der Waals surface area contributed by atoms with Crippen LogP contribution in [-0.2, 0) is 0 Å². The number of carbonyl (C=O) groups excluding carboxylic acids is 1. The van der Waals surface area contributed by atoms with Gasteiger partial charge in [0, 0.05) is 18.8 Å². The Morgan fingerprint density at radius 1 is 1.23 bits per heavy atom. The lowest BCUT2D eigenvalue weighted by Gasteiger charge is -2.40. The topological polar surface area (TPSA) is 102 Å². The number of hydrogen-bond acceptors (Lipinski definition) is 7. The van der Waals surface area contributed by atoms with Crippen molar-refractivity contribution in [2.24, 2.45) is 5.92 Å². The minimum Gasteiger partial charge on any atom is -0.352 e. The van der Waals surface area contributed by atoms with E-state index < -0.39 is 0 Å². The molecule has 0 aliphatic carbocycles. The Hall–Kier alpha value is -3.07. The van der Waals surface area contributed by atoms with Gasteiger partial charge in [0.2, 0.25) is 5.95 Å². The summed E-state index contributed by atoms with van der Waals surface area (Å²) in [5, 5.41) is 12.1. The summed E-state index contributed by atoms with van der Waals surface area (Å²) in [6, 6.07) is 3.66. The second-order valence-corrected chi connectivity index (χ2v) is 7.87. The maximum absolute atomic E-state index is 13.6. The molecule has 0 radical (unpaired) electrons. The molecule has 0 bridgehead atoms. The van der Waals surface area contributed by atoms with Crippen molar-refractivity contribution in [2.75, 3.05) is 18.4 Å². The molecule has 4 heterocycles. The molecule has 10 heteroatoms. The van der Waals surface area contributed by atoms with Crippen LogP contribution in [0.2, 0.25) is 5.02 Å². The number of hydrogen-bond donors (Lipinski definition) is 1. The number of amides is 1. The molecule has 3 aromatic heterocycles. The van der Waals surface area contributed by atoms with E-state index in [-0.39, 0.29) is 11.9 Å². The van der Waals surface area contributed by atoms with Crippen LogP contribution >= 0.6 is 11.6 Å². The highest BCUT2D eigenvalue weighted by molar-refractivity contribution is 6.30. The summed E-state index contributed by atoms with van der Waals surface area (Å²) in [5.41, 5.74) is 1.69. The molecule has 156 valence electrons. The second kappa shape index (κ2) is 8.74. The van der Waals surface area contributed by atoms with Crippen LogP contribution in [0.4, 0.5) is 5.95 Å². The molecule has 1 N–H and O–H groups in total. The predicted molar refractivity (Wildman–Crippen MR) is 113 cm³/mol. The van der Waals surface area contributed by atoms with Gasteiger partial charge >= 0.3 is 0 Å². The Balaban J connectivity index is 1.60. The molecule has 3 aromatic rings. The van der Waals surface area contributed by atoms with E-state index >= 15 is 0 Å². The van der Waals surface area contributed by atoms with Crippen molar-refractivity contribution in [1.82, 2.24) is 34.8 Å². The Labute approximate surface area is 179 Å². The summed E-state index contributed by atoms with van der Waals surface area (Å²) in [6.07, 6.45) is 8.24. The summed E-state index contributed by atoms with van der Waals surface area (Å²) in [4.78, 5) is 29.8. The minimum absolute atomic E-state index is 0.0220. The van der Waals surface area contributed by atoms with Crippen LogP contribution in [0.15, 0.2) is 36.9 Å². The minimum atomic E-state index is -0.124. The van der Waals surface area contributed by atoms with Gasteiger partial charge in [-0.25, -0.2) is 15.0 Å². The maximum Gasteiger partial charge on any atom is 0.275 e. The van der Waals surface area contributed by atoms with E-state index in [0.29, 0.717) is 41.4 Å². The number of pyridine rings is 1. The van der Waals surface area contributed by atoms with Gasteiger partial charge in [0.05, 0.1) is 35.9 Å². The molecule has 1 saturated heterocycles. The van der Waals surface area contributed by atoms with Crippen molar-refractivity contribution < 1.29 is 4.79 Å². The third kappa shape index (κ3) is 4.25. The molecule has 0 spiro atoms. The summed E-state index contributed by atoms with van der Waals surface area (Å²) in [6.45, 7) is 5.23. The monoisotopic (exact) mass is 426 g/mol. The normalized spacial score (nSPS) is 19.0. The Morgan fingerprint density at radius 2 is 1.97 bits per heavy atom. The van der Waals surface area contributed by atoms with E-state index in [2.05, 4.69) is 37.4 Å². The quantitative estimate of drug-likeness (QED) is 0.669. The lowest BCUT2D eigenvalue weighted by Crippen LogP contribution is -2.51. The average Bonchev–Trinajstić information content (AvgIpc) is 3.28.